The van der Waals surface area contributed by atoms with Crippen molar-refractivity contribution < 1.29 is 14.9 Å². The largest absolute Gasteiger partial charge is 0.478 e. The molecule has 0 radical (unpaired) electrons. The molecule has 0 aliphatic rings. The van der Waals surface area contributed by atoms with E-state index in [1.54, 1.807) is 6.92 Å². The van der Waals surface area contributed by atoms with E-state index in [9.17, 15) is 0 Å². The summed E-state index contributed by atoms with van der Waals surface area (Å²) in [6.45, 7) is 2.22. The summed E-state index contributed by atoms with van der Waals surface area (Å²) in [6.07, 6.45) is 1.58. The third kappa shape index (κ3) is 2.57. The third-order valence-electron chi connectivity index (χ3n) is 1.50. The van der Waals surface area contributed by atoms with Crippen LogP contribution in [0.5, 0.6) is 5.88 Å². The maximum atomic E-state index is 8.98. The van der Waals surface area contributed by atoms with E-state index in [1.807, 2.05) is 6.26 Å². The quantitative estimate of drug-likeness (QED) is 0.435. The summed E-state index contributed by atoms with van der Waals surface area (Å²) in [5, 5.41) is 18.5. The third-order valence-corrected chi connectivity index (χ3v) is 2.06. The van der Waals surface area contributed by atoms with E-state index < -0.39 is 6.29 Å². The number of hydrogen-bond acceptors (Lipinski definition) is 6. The molecule has 1 heterocycles. The van der Waals surface area contributed by atoms with Crippen LogP contribution in [0.15, 0.2) is 11.4 Å². The first kappa shape index (κ1) is 11.2. The average Bonchev–Trinajstić information content (AvgIpc) is 2.17. The van der Waals surface area contributed by atoms with Crippen LogP contribution in [0.3, 0.4) is 0 Å². The maximum absolute atomic E-state index is 8.98. The second kappa shape index (κ2) is 5.14. The molecule has 0 aromatic carbocycles. The minimum atomic E-state index is -1.60. The Hall–Kier alpha value is -0.850. The molecule has 0 atom stereocenters. The number of thioether (sulfide) groups is 1. The lowest BCUT2D eigenvalue weighted by Crippen LogP contribution is -2.05. The fourth-order valence-corrected chi connectivity index (χ4v) is 1.22. The summed E-state index contributed by atoms with van der Waals surface area (Å²) in [5.41, 5.74) is 0.185. The van der Waals surface area contributed by atoms with Crippen LogP contribution in [0.2, 0.25) is 0 Å². The molecule has 0 aliphatic heterocycles. The number of aliphatic hydroxyl groups is 2. The fraction of sp³-hybridized carbons (Fsp3) is 0.500. The molecule has 78 valence electrons. The number of hydrogen-bond donors (Lipinski definition) is 2. The van der Waals surface area contributed by atoms with Gasteiger partial charge in [0.1, 0.15) is 0 Å². The zero-order valence-corrected chi connectivity index (χ0v) is 8.78. The Morgan fingerprint density at radius 3 is 2.79 bits per heavy atom. The molecule has 1 aromatic rings. The van der Waals surface area contributed by atoms with Crippen molar-refractivity contribution in [3.05, 3.63) is 11.8 Å². The SMILES string of the molecule is CCOc1nc(SC)ncc1C(O)O. The van der Waals surface area contributed by atoms with Gasteiger partial charge in [-0.05, 0) is 13.2 Å². The van der Waals surface area contributed by atoms with E-state index >= 15 is 0 Å². The first-order valence-electron chi connectivity index (χ1n) is 4.09. The van der Waals surface area contributed by atoms with Crippen LogP contribution < -0.4 is 4.74 Å². The zero-order chi connectivity index (χ0) is 10.6. The van der Waals surface area contributed by atoms with Crippen molar-refractivity contribution in [2.45, 2.75) is 18.4 Å². The fourth-order valence-electron chi connectivity index (χ4n) is 0.888. The molecule has 5 nitrogen and oxygen atoms in total. The first-order chi connectivity index (χ1) is 6.69. The van der Waals surface area contributed by atoms with E-state index in [1.165, 1.54) is 18.0 Å². The van der Waals surface area contributed by atoms with Crippen molar-refractivity contribution in [3.63, 3.8) is 0 Å². The van der Waals surface area contributed by atoms with Crippen LogP contribution in [0, 0.1) is 0 Å². The molecule has 0 saturated carbocycles. The van der Waals surface area contributed by atoms with Crippen molar-refractivity contribution in [1.82, 2.24) is 9.97 Å². The summed E-state index contributed by atoms with van der Waals surface area (Å²) < 4.78 is 5.16. The molecule has 6 heteroatoms. The van der Waals surface area contributed by atoms with Crippen LogP contribution in [-0.4, -0.2) is 33.0 Å². The maximum Gasteiger partial charge on any atom is 0.225 e. The predicted octanol–water partition coefficient (Wildman–Crippen LogP) is 0.580. The smallest absolute Gasteiger partial charge is 0.225 e. The topological polar surface area (TPSA) is 75.5 Å². The molecule has 0 amide bonds. The Bertz CT molecular complexity index is 307. The Kier molecular flexibility index (Phi) is 4.12. The first-order valence-corrected chi connectivity index (χ1v) is 5.31. The van der Waals surface area contributed by atoms with Gasteiger partial charge in [0.05, 0.1) is 12.2 Å². The van der Waals surface area contributed by atoms with Crippen molar-refractivity contribution in [2.24, 2.45) is 0 Å². The Morgan fingerprint density at radius 1 is 1.57 bits per heavy atom. The summed E-state index contributed by atoms with van der Waals surface area (Å²) >= 11 is 1.36. The van der Waals surface area contributed by atoms with Crippen LogP contribution in [0.4, 0.5) is 0 Å². The molecule has 0 saturated heterocycles. The molecule has 0 unspecified atom stereocenters. The van der Waals surface area contributed by atoms with E-state index in [0.717, 1.165) is 0 Å². The molecular formula is C8H12N2O3S. The van der Waals surface area contributed by atoms with Gasteiger partial charge in [-0.3, -0.25) is 0 Å². The standard InChI is InChI=1S/C8H12N2O3S/c1-3-13-6-5(7(11)12)4-9-8(10-6)14-2/h4,7,11-12H,3H2,1-2H3. The number of aromatic nitrogens is 2. The van der Waals surface area contributed by atoms with Crippen LogP contribution in [0.25, 0.3) is 0 Å². The Balaban J connectivity index is 3.03. The molecule has 0 spiro atoms. The lowest BCUT2D eigenvalue weighted by atomic mass is 10.3. The molecule has 0 aliphatic carbocycles. The van der Waals surface area contributed by atoms with E-state index in [2.05, 4.69) is 9.97 Å². The van der Waals surface area contributed by atoms with Crippen LogP contribution >= 0.6 is 11.8 Å². The minimum absolute atomic E-state index is 0.185. The number of rotatable bonds is 4. The van der Waals surface area contributed by atoms with Crippen molar-refractivity contribution in [2.75, 3.05) is 12.9 Å². The average molecular weight is 216 g/mol. The highest BCUT2D eigenvalue weighted by molar-refractivity contribution is 7.98. The summed E-state index contributed by atoms with van der Waals surface area (Å²) in [4.78, 5) is 7.92. The van der Waals surface area contributed by atoms with Crippen molar-refractivity contribution in [3.8, 4) is 5.88 Å². The molecule has 0 fully saturated rings. The zero-order valence-electron chi connectivity index (χ0n) is 7.97. The van der Waals surface area contributed by atoms with Gasteiger partial charge in [0, 0.05) is 6.20 Å². The van der Waals surface area contributed by atoms with Crippen molar-refractivity contribution in [1.29, 1.82) is 0 Å². The molecule has 2 N–H and O–H groups in total. The van der Waals surface area contributed by atoms with Crippen molar-refractivity contribution >= 4 is 11.8 Å². The summed E-state index contributed by atoms with van der Waals surface area (Å²) in [5.74, 6) is 0.224. The van der Waals surface area contributed by atoms with Gasteiger partial charge in [-0.1, -0.05) is 11.8 Å². The molecule has 1 rings (SSSR count). The molecule has 0 bridgehead atoms. The van der Waals surface area contributed by atoms with Gasteiger partial charge >= 0.3 is 0 Å². The number of ether oxygens (including phenoxy) is 1. The van der Waals surface area contributed by atoms with E-state index in [-0.39, 0.29) is 11.4 Å². The van der Waals surface area contributed by atoms with Gasteiger partial charge in [-0.25, -0.2) is 4.98 Å². The Labute approximate surface area is 86.2 Å². The lowest BCUT2D eigenvalue weighted by Gasteiger charge is -2.10. The normalized spacial score (nSPS) is 10.6. The monoisotopic (exact) mass is 216 g/mol. The molecule has 1 aromatic heterocycles. The van der Waals surface area contributed by atoms with Gasteiger partial charge < -0.3 is 14.9 Å². The Morgan fingerprint density at radius 2 is 2.29 bits per heavy atom. The van der Waals surface area contributed by atoms with Gasteiger partial charge in [0.25, 0.3) is 0 Å². The van der Waals surface area contributed by atoms with Crippen LogP contribution in [-0.2, 0) is 0 Å². The minimum Gasteiger partial charge on any atom is -0.478 e. The predicted molar refractivity (Wildman–Crippen MR) is 52.2 cm³/mol. The number of nitrogens with zero attached hydrogens (tertiary/aromatic N) is 2. The summed E-state index contributed by atoms with van der Waals surface area (Å²) in [7, 11) is 0. The van der Waals surface area contributed by atoms with E-state index in [0.29, 0.717) is 11.8 Å². The lowest BCUT2D eigenvalue weighted by molar-refractivity contribution is -0.0449. The second-order valence-corrected chi connectivity index (χ2v) is 3.20. The highest BCUT2D eigenvalue weighted by Crippen LogP contribution is 2.22. The van der Waals surface area contributed by atoms with E-state index in [4.69, 9.17) is 14.9 Å². The second-order valence-electron chi connectivity index (χ2n) is 2.42. The van der Waals surface area contributed by atoms with Gasteiger partial charge in [0.2, 0.25) is 5.88 Å². The molecular weight excluding hydrogens is 204 g/mol. The van der Waals surface area contributed by atoms with Gasteiger partial charge in [0.15, 0.2) is 11.4 Å². The number of aliphatic hydroxyl groups excluding tert-OH is 1. The van der Waals surface area contributed by atoms with Gasteiger partial charge in [-0.15, -0.1) is 0 Å². The van der Waals surface area contributed by atoms with Gasteiger partial charge in [-0.2, -0.15) is 4.98 Å². The highest BCUT2D eigenvalue weighted by Gasteiger charge is 2.13. The highest BCUT2D eigenvalue weighted by atomic mass is 32.2. The summed E-state index contributed by atoms with van der Waals surface area (Å²) in [6, 6.07) is 0. The molecule has 14 heavy (non-hydrogen) atoms. The van der Waals surface area contributed by atoms with Crippen LogP contribution in [0.1, 0.15) is 18.8 Å².